The zero-order valence-electron chi connectivity index (χ0n) is 14.6. The maximum absolute atomic E-state index is 12.5. The predicted octanol–water partition coefficient (Wildman–Crippen LogP) is 2.02. The summed E-state index contributed by atoms with van der Waals surface area (Å²) in [7, 11) is 0. The lowest BCUT2D eigenvalue weighted by molar-refractivity contribution is -0.151. The summed E-state index contributed by atoms with van der Waals surface area (Å²) in [6.45, 7) is 3.36. The number of nitrogens with one attached hydrogen (secondary N) is 1. The fraction of sp³-hybridized carbons (Fsp3) is 0.471. The van der Waals surface area contributed by atoms with Crippen LogP contribution in [0.2, 0.25) is 0 Å². The van der Waals surface area contributed by atoms with Crippen molar-refractivity contribution >= 4 is 34.3 Å². The fourth-order valence-electron chi connectivity index (χ4n) is 2.80. The number of hydrogen-bond acceptors (Lipinski definition) is 8. The number of nitrogens with zero attached hydrogens (tertiary/aromatic N) is 4. The van der Waals surface area contributed by atoms with E-state index in [-0.39, 0.29) is 24.2 Å². The highest BCUT2D eigenvalue weighted by Gasteiger charge is 2.28. The van der Waals surface area contributed by atoms with Crippen molar-refractivity contribution in [2.45, 2.75) is 26.2 Å². The summed E-state index contributed by atoms with van der Waals surface area (Å²) in [5, 5.41) is 5.52. The van der Waals surface area contributed by atoms with Gasteiger partial charge in [0.2, 0.25) is 11.9 Å². The minimum atomic E-state index is -0.155. The summed E-state index contributed by atoms with van der Waals surface area (Å²) in [6, 6.07) is 1.74. The molecule has 0 spiro atoms. The number of likely N-dealkylation sites (tertiary alicyclic amines) is 1. The summed E-state index contributed by atoms with van der Waals surface area (Å²) in [5.41, 5.74) is 0.714. The first kappa shape index (κ1) is 18.2. The van der Waals surface area contributed by atoms with Crippen LogP contribution in [0.25, 0.3) is 0 Å². The van der Waals surface area contributed by atoms with Crippen molar-refractivity contribution in [1.29, 1.82) is 0 Å². The molecule has 3 rings (SSSR count). The Hall–Kier alpha value is -2.55. The Balaban J connectivity index is 1.49. The van der Waals surface area contributed by atoms with E-state index in [4.69, 9.17) is 4.74 Å². The number of hydrogen-bond donors (Lipinski definition) is 1. The summed E-state index contributed by atoms with van der Waals surface area (Å²) >= 11 is 1.41. The van der Waals surface area contributed by atoms with E-state index in [1.807, 2.05) is 5.38 Å². The highest BCUT2D eigenvalue weighted by Crippen LogP contribution is 2.22. The lowest BCUT2D eigenvalue weighted by atomic mass is 9.97. The van der Waals surface area contributed by atoms with Gasteiger partial charge in [-0.15, -0.1) is 11.3 Å². The Bertz CT molecular complexity index is 744. The topological polar surface area (TPSA) is 97.3 Å². The Morgan fingerprint density at radius 1 is 1.31 bits per heavy atom. The normalized spacial score (nSPS) is 14.9. The van der Waals surface area contributed by atoms with E-state index < -0.39 is 0 Å². The standard InChI is InChI=1S/C17H21N5O3S/c1-2-25-15(24)12-4-8-22(9-5-12)14(23)10-13-11-26-17(20-13)21-16-18-6-3-7-19-16/h3,6-7,11-12H,2,4-5,8-10H2,1H3,(H,18,19,20,21). The molecule has 3 heterocycles. The van der Waals surface area contributed by atoms with Crippen LogP contribution in [0.15, 0.2) is 23.8 Å². The van der Waals surface area contributed by atoms with Crippen molar-refractivity contribution in [2.24, 2.45) is 5.92 Å². The number of ether oxygens (including phenoxy) is 1. The van der Waals surface area contributed by atoms with Crippen LogP contribution in [-0.4, -0.2) is 51.4 Å². The first-order valence-electron chi connectivity index (χ1n) is 8.58. The highest BCUT2D eigenvalue weighted by molar-refractivity contribution is 7.13. The van der Waals surface area contributed by atoms with Crippen molar-refractivity contribution in [3.63, 3.8) is 0 Å². The summed E-state index contributed by atoms with van der Waals surface area (Å²) in [6.07, 6.45) is 4.85. The molecule has 8 nitrogen and oxygen atoms in total. The SMILES string of the molecule is CCOC(=O)C1CCN(C(=O)Cc2csc(Nc3ncccn3)n2)CC1. The third-order valence-electron chi connectivity index (χ3n) is 4.14. The van der Waals surface area contributed by atoms with Crippen LogP contribution in [0.3, 0.4) is 0 Å². The Morgan fingerprint density at radius 2 is 2.04 bits per heavy atom. The number of esters is 1. The molecule has 1 N–H and O–H groups in total. The molecule has 2 aromatic rings. The van der Waals surface area contributed by atoms with Crippen molar-refractivity contribution in [1.82, 2.24) is 19.9 Å². The van der Waals surface area contributed by atoms with Crippen molar-refractivity contribution in [2.75, 3.05) is 25.0 Å². The van der Waals surface area contributed by atoms with E-state index >= 15 is 0 Å². The van der Waals surface area contributed by atoms with E-state index in [1.165, 1.54) is 11.3 Å². The lowest BCUT2D eigenvalue weighted by Crippen LogP contribution is -2.41. The van der Waals surface area contributed by atoms with E-state index in [2.05, 4.69) is 20.3 Å². The number of thiazole rings is 1. The average molecular weight is 375 g/mol. The molecule has 0 radical (unpaired) electrons. The molecule has 0 saturated carbocycles. The molecule has 0 atom stereocenters. The second-order valence-electron chi connectivity index (χ2n) is 5.93. The van der Waals surface area contributed by atoms with Gasteiger partial charge in [0.25, 0.3) is 0 Å². The third-order valence-corrected chi connectivity index (χ3v) is 4.94. The number of carbonyl (C=O) groups excluding carboxylic acids is 2. The van der Waals surface area contributed by atoms with Gasteiger partial charge >= 0.3 is 5.97 Å². The van der Waals surface area contributed by atoms with Crippen LogP contribution >= 0.6 is 11.3 Å². The lowest BCUT2D eigenvalue weighted by Gasteiger charge is -2.30. The van der Waals surface area contributed by atoms with Crippen molar-refractivity contribution in [3.8, 4) is 0 Å². The van der Waals surface area contributed by atoms with Gasteiger partial charge in [0.1, 0.15) is 0 Å². The van der Waals surface area contributed by atoms with Crippen molar-refractivity contribution in [3.05, 3.63) is 29.5 Å². The maximum atomic E-state index is 12.5. The Labute approximate surface area is 155 Å². The number of anilines is 2. The van der Waals surface area contributed by atoms with Gasteiger partial charge in [0.15, 0.2) is 5.13 Å². The molecular weight excluding hydrogens is 354 g/mol. The zero-order chi connectivity index (χ0) is 18.4. The van der Waals surface area contributed by atoms with Gasteiger partial charge in [0, 0.05) is 30.9 Å². The van der Waals surface area contributed by atoms with Gasteiger partial charge in [-0.25, -0.2) is 15.0 Å². The number of aromatic nitrogens is 3. The molecule has 0 aromatic carbocycles. The molecule has 2 aromatic heterocycles. The third kappa shape index (κ3) is 4.75. The van der Waals surface area contributed by atoms with Crippen LogP contribution < -0.4 is 5.32 Å². The smallest absolute Gasteiger partial charge is 0.309 e. The molecule has 0 aliphatic carbocycles. The van der Waals surface area contributed by atoms with E-state index in [0.29, 0.717) is 49.3 Å². The molecule has 26 heavy (non-hydrogen) atoms. The summed E-state index contributed by atoms with van der Waals surface area (Å²) < 4.78 is 5.06. The van der Waals surface area contributed by atoms with Crippen LogP contribution in [0.1, 0.15) is 25.5 Å². The zero-order valence-corrected chi connectivity index (χ0v) is 15.4. The quantitative estimate of drug-likeness (QED) is 0.772. The molecule has 1 saturated heterocycles. The number of carbonyl (C=O) groups is 2. The minimum absolute atomic E-state index is 0.0279. The number of piperidine rings is 1. The van der Waals surface area contributed by atoms with E-state index in [0.717, 1.165) is 0 Å². The van der Waals surface area contributed by atoms with Gasteiger partial charge in [-0.05, 0) is 25.8 Å². The second-order valence-corrected chi connectivity index (χ2v) is 6.78. The van der Waals surface area contributed by atoms with Gasteiger partial charge in [-0.1, -0.05) is 0 Å². The van der Waals surface area contributed by atoms with Gasteiger partial charge in [-0.2, -0.15) is 0 Å². The predicted molar refractivity (Wildman–Crippen MR) is 97.1 cm³/mol. The Morgan fingerprint density at radius 3 is 2.73 bits per heavy atom. The molecule has 9 heteroatoms. The van der Waals surface area contributed by atoms with Crippen molar-refractivity contribution < 1.29 is 14.3 Å². The molecular formula is C17H21N5O3S. The number of rotatable bonds is 6. The number of amides is 1. The first-order valence-corrected chi connectivity index (χ1v) is 9.46. The minimum Gasteiger partial charge on any atom is -0.466 e. The average Bonchev–Trinajstić information content (AvgIpc) is 3.09. The van der Waals surface area contributed by atoms with Crippen LogP contribution in [0, 0.1) is 5.92 Å². The van der Waals surface area contributed by atoms with E-state index in [9.17, 15) is 9.59 Å². The molecule has 1 amide bonds. The summed E-state index contributed by atoms with van der Waals surface area (Å²) in [5.74, 6) is 0.249. The first-order chi connectivity index (χ1) is 12.7. The van der Waals surface area contributed by atoms with Gasteiger partial charge in [0.05, 0.1) is 24.6 Å². The second kappa shape index (κ2) is 8.70. The molecule has 0 bridgehead atoms. The molecule has 1 fully saturated rings. The van der Waals surface area contributed by atoms with Crippen LogP contribution in [0.5, 0.6) is 0 Å². The molecule has 1 aliphatic heterocycles. The van der Waals surface area contributed by atoms with Crippen LogP contribution in [-0.2, 0) is 20.7 Å². The molecule has 0 unspecified atom stereocenters. The Kier molecular flexibility index (Phi) is 6.11. The summed E-state index contributed by atoms with van der Waals surface area (Å²) in [4.78, 5) is 38.6. The molecule has 1 aliphatic rings. The van der Waals surface area contributed by atoms with E-state index in [1.54, 1.807) is 30.3 Å². The van der Waals surface area contributed by atoms with Crippen LogP contribution in [0.4, 0.5) is 11.1 Å². The fourth-order valence-corrected chi connectivity index (χ4v) is 3.50. The molecule has 138 valence electrons. The van der Waals surface area contributed by atoms with Gasteiger partial charge in [-0.3, -0.25) is 9.59 Å². The maximum Gasteiger partial charge on any atom is 0.309 e. The monoisotopic (exact) mass is 375 g/mol. The highest BCUT2D eigenvalue weighted by atomic mass is 32.1. The van der Waals surface area contributed by atoms with Gasteiger partial charge < -0.3 is 15.0 Å². The largest absolute Gasteiger partial charge is 0.466 e.